The molecule has 0 N–H and O–H groups in total. The lowest BCUT2D eigenvalue weighted by molar-refractivity contribution is -0.384. The number of para-hydroxylation sites is 2. The third kappa shape index (κ3) is 3.06. The lowest BCUT2D eigenvalue weighted by Gasteiger charge is -2.26. The summed E-state index contributed by atoms with van der Waals surface area (Å²) in [6.45, 7) is 2.03. The molecular weight excluding hydrogens is 288 g/mol. The molecule has 114 valence electrons. The third-order valence-electron chi connectivity index (χ3n) is 3.67. The molecule has 0 bridgehead atoms. The van der Waals surface area contributed by atoms with Crippen molar-refractivity contribution in [1.29, 1.82) is 0 Å². The number of non-ortho nitro benzene ring substituents is 1. The quantitative estimate of drug-likeness (QED) is 0.480. The molecule has 0 aliphatic rings. The smallest absolute Gasteiger partial charge is 0.271 e. The van der Waals surface area contributed by atoms with E-state index in [1.165, 1.54) is 6.07 Å². The summed E-state index contributed by atoms with van der Waals surface area (Å²) < 4.78 is 0. The van der Waals surface area contributed by atoms with E-state index in [1.807, 2.05) is 72.5 Å². The van der Waals surface area contributed by atoms with Gasteiger partial charge in [0.25, 0.3) is 5.69 Å². The van der Waals surface area contributed by atoms with Crippen LogP contribution in [0.2, 0.25) is 0 Å². The van der Waals surface area contributed by atoms with Crippen LogP contribution in [0.4, 0.5) is 22.7 Å². The van der Waals surface area contributed by atoms with E-state index >= 15 is 0 Å². The Morgan fingerprint density at radius 2 is 1.48 bits per heavy atom. The van der Waals surface area contributed by atoms with Gasteiger partial charge in [0.15, 0.2) is 0 Å². The summed E-state index contributed by atoms with van der Waals surface area (Å²) in [6, 6.07) is 24.5. The van der Waals surface area contributed by atoms with Gasteiger partial charge in [-0.25, -0.2) is 0 Å². The molecule has 3 rings (SSSR count). The largest absolute Gasteiger partial charge is 0.310 e. The zero-order chi connectivity index (χ0) is 16.2. The summed E-state index contributed by atoms with van der Waals surface area (Å²) in [5.41, 5.74) is 3.90. The molecule has 3 aromatic rings. The molecule has 0 unspecified atom stereocenters. The molecule has 0 saturated heterocycles. The molecular formula is C19H16N2O2. The summed E-state index contributed by atoms with van der Waals surface area (Å²) >= 11 is 0. The second-order valence-electron chi connectivity index (χ2n) is 5.23. The van der Waals surface area contributed by atoms with Gasteiger partial charge in [0, 0.05) is 23.5 Å². The number of hydrogen-bond donors (Lipinski definition) is 0. The summed E-state index contributed by atoms with van der Waals surface area (Å²) in [6.07, 6.45) is 0. The number of benzene rings is 3. The van der Waals surface area contributed by atoms with Crippen LogP contribution in [0.1, 0.15) is 5.56 Å². The predicted molar refractivity (Wildman–Crippen MR) is 92.5 cm³/mol. The first kappa shape index (κ1) is 14.8. The molecule has 23 heavy (non-hydrogen) atoms. The van der Waals surface area contributed by atoms with Crippen molar-refractivity contribution >= 4 is 22.7 Å². The molecule has 0 aliphatic carbocycles. The van der Waals surface area contributed by atoms with Crippen molar-refractivity contribution < 1.29 is 4.92 Å². The van der Waals surface area contributed by atoms with Crippen LogP contribution < -0.4 is 4.90 Å². The Labute approximate surface area is 134 Å². The van der Waals surface area contributed by atoms with Crippen molar-refractivity contribution in [1.82, 2.24) is 0 Å². The Morgan fingerprint density at radius 1 is 0.826 bits per heavy atom. The van der Waals surface area contributed by atoms with Crippen molar-refractivity contribution in [2.24, 2.45) is 0 Å². The third-order valence-corrected chi connectivity index (χ3v) is 3.67. The molecule has 0 aromatic heterocycles. The standard InChI is InChI=1S/C19H16N2O2/c1-15-8-5-6-13-19(15)20(16-9-3-2-4-10-16)17-11-7-12-18(14-17)21(22)23/h2-14H,1H3. The highest BCUT2D eigenvalue weighted by molar-refractivity contribution is 5.79. The molecule has 0 fully saturated rings. The molecule has 4 heteroatoms. The maximum Gasteiger partial charge on any atom is 0.271 e. The molecule has 0 saturated carbocycles. The lowest BCUT2D eigenvalue weighted by atomic mass is 10.1. The Balaban J connectivity index is 2.19. The fourth-order valence-electron chi connectivity index (χ4n) is 2.56. The summed E-state index contributed by atoms with van der Waals surface area (Å²) in [4.78, 5) is 12.8. The molecule has 0 amide bonds. The highest BCUT2D eigenvalue weighted by Gasteiger charge is 2.16. The van der Waals surface area contributed by atoms with Crippen molar-refractivity contribution in [3.63, 3.8) is 0 Å². The molecule has 0 heterocycles. The number of rotatable bonds is 4. The molecule has 3 aromatic carbocycles. The van der Waals surface area contributed by atoms with Crippen LogP contribution in [0.3, 0.4) is 0 Å². The number of anilines is 3. The Morgan fingerprint density at radius 3 is 2.17 bits per heavy atom. The number of aryl methyl sites for hydroxylation is 1. The summed E-state index contributed by atoms with van der Waals surface area (Å²) in [5.74, 6) is 0. The first-order valence-corrected chi connectivity index (χ1v) is 7.32. The molecule has 0 aliphatic heterocycles. The fourth-order valence-corrected chi connectivity index (χ4v) is 2.56. The minimum atomic E-state index is -0.371. The van der Waals surface area contributed by atoms with Crippen molar-refractivity contribution in [3.8, 4) is 0 Å². The SMILES string of the molecule is Cc1ccccc1N(c1ccccc1)c1cccc([N+](=O)[O-])c1. The van der Waals surface area contributed by atoms with Gasteiger partial charge in [0.1, 0.15) is 0 Å². The van der Waals surface area contributed by atoms with Gasteiger partial charge in [-0.3, -0.25) is 10.1 Å². The van der Waals surface area contributed by atoms with Crippen LogP contribution in [0.25, 0.3) is 0 Å². The first-order valence-electron chi connectivity index (χ1n) is 7.32. The van der Waals surface area contributed by atoms with Gasteiger partial charge >= 0.3 is 0 Å². The normalized spacial score (nSPS) is 10.3. The van der Waals surface area contributed by atoms with E-state index in [-0.39, 0.29) is 10.6 Å². The van der Waals surface area contributed by atoms with Crippen LogP contribution in [-0.4, -0.2) is 4.92 Å². The lowest BCUT2D eigenvalue weighted by Crippen LogP contribution is -2.11. The number of nitrogens with zero attached hydrogens (tertiary/aromatic N) is 2. The maximum absolute atomic E-state index is 11.1. The topological polar surface area (TPSA) is 46.4 Å². The van der Waals surface area contributed by atoms with E-state index in [2.05, 4.69) is 0 Å². The van der Waals surface area contributed by atoms with Gasteiger partial charge in [0.2, 0.25) is 0 Å². The van der Waals surface area contributed by atoms with E-state index in [0.29, 0.717) is 0 Å². The van der Waals surface area contributed by atoms with Crippen molar-refractivity contribution in [2.45, 2.75) is 6.92 Å². The highest BCUT2D eigenvalue weighted by atomic mass is 16.6. The minimum absolute atomic E-state index is 0.0806. The van der Waals surface area contributed by atoms with E-state index in [4.69, 9.17) is 0 Å². The molecule has 0 radical (unpaired) electrons. The summed E-state index contributed by atoms with van der Waals surface area (Å²) in [7, 11) is 0. The zero-order valence-corrected chi connectivity index (χ0v) is 12.7. The van der Waals surface area contributed by atoms with Crippen molar-refractivity contribution in [3.05, 3.63) is 94.5 Å². The van der Waals surface area contributed by atoms with Gasteiger partial charge in [-0.1, -0.05) is 42.5 Å². The van der Waals surface area contributed by atoms with Gasteiger partial charge < -0.3 is 4.90 Å². The van der Waals surface area contributed by atoms with E-state index in [0.717, 1.165) is 22.6 Å². The molecule has 0 spiro atoms. The van der Waals surface area contributed by atoms with Crippen LogP contribution in [-0.2, 0) is 0 Å². The van der Waals surface area contributed by atoms with E-state index < -0.39 is 0 Å². The minimum Gasteiger partial charge on any atom is -0.310 e. The Hall–Kier alpha value is -3.14. The van der Waals surface area contributed by atoms with Crippen molar-refractivity contribution in [2.75, 3.05) is 4.90 Å². The zero-order valence-electron chi connectivity index (χ0n) is 12.7. The Bertz CT molecular complexity index is 832. The average molecular weight is 304 g/mol. The second kappa shape index (κ2) is 6.32. The van der Waals surface area contributed by atoms with E-state index in [9.17, 15) is 10.1 Å². The van der Waals surface area contributed by atoms with Gasteiger partial charge in [-0.2, -0.15) is 0 Å². The molecule has 4 nitrogen and oxygen atoms in total. The summed E-state index contributed by atoms with van der Waals surface area (Å²) in [5, 5.41) is 11.1. The van der Waals surface area contributed by atoms with Gasteiger partial charge in [-0.15, -0.1) is 0 Å². The van der Waals surface area contributed by atoms with E-state index in [1.54, 1.807) is 12.1 Å². The first-order chi connectivity index (χ1) is 11.2. The van der Waals surface area contributed by atoms with Gasteiger partial charge in [0.05, 0.1) is 10.6 Å². The maximum atomic E-state index is 11.1. The van der Waals surface area contributed by atoms with Crippen LogP contribution >= 0.6 is 0 Å². The van der Waals surface area contributed by atoms with Crippen LogP contribution in [0.5, 0.6) is 0 Å². The highest BCUT2D eigenvalue weighted by Crippen LogP contribution is 2.37. The number of nitro benzene ring substituents is 1. The molecule has 0 atom stereocenters. The van der Waals surface area contributed by atoms with Gasteiger partial charge in [-0.05, 0) is 36.8 Å². The average Bonchev–Trinajstić information content (AvgIpc) is 2.58. The number of hydrogen-bond acceptors (Lipinski definition) is 3. The Kier molecular flexibility index (Phi) is 4.06. The monoisotopic (exact) mass is 304 g/mol. The second-order valence-corrected chi connectivity index (χ2v) is 5.23. The van der Waals surface area contributed by atoms with Crippen LogP contribution in [0, 0.1) is 17.0 Å². The predicted octanol–water partition coefficient (Wildman–Crippen LogP) is 5.37. The van der Waals surface area contributed by atoms with Crippen LogP contribution in [0.15, 0.2) is 78.9 Å². The fraction of sp³-hybridized carbons (Fsp3) is 0.0526. The number of nitro groups is 1.